The quantitative estimate of drug-likeness (QED) is 0.0970. The molecule has 20 heteroatoms. The van der Waals surface area contributed by atoms with E-state index in [1.807, 2.05) is 12.1 Å². The second kappa shape index (κ2) is 20.3. The summed E-state index contributed by atoms with van der Waals surface area (Å²) in [6.45, 7) is 9.71. The molecule has 9 heterocycles. The first-order valence-corrected chi connectivity index (χ1v) is 26.5. The van der Waals surface area contributed by atoms with Crippen molar-refractivity contribution < 1.29 is 38.6 Å². The monoisotopic (exact) mass is 1030 g/mol. The number of hydrogen-bond donors (Lipinski definition) is 3. The van der Waals surface area contributed by atoms with Gasteiger partial charge in [-0.15, -0.1) is 11.3 Å². The van der Waals surface area contributed by atoms with E-state index in [0.717, 1.165) is 97.2 Å². The van der Waals surface area contributed by atoms with Gasteiger partial charge in [0.25, 0.3) is 23.6 Å². The Morgan fingerprint density at radius 2 is 1.65 bits per heavy atom. The number of fused-ring (bicyclic) bond motifs is 4. The summed E-state index contributed by atoms with van der Waals surface area (Å²) in [5, 5.41) is 17.2. The van der Waals surface area contributed by atoms with Crippen LogP contribution in [0.2, 0.25) is 0 Å². The normalized spacial score (nSPS) is 20.3. The highest BCUT2D eigenvalue weighted by atomic mass is 32.1. The van der Waals surface area contributed by atoms with Gasteiger partial charge in [-0.1, -0.05) is 6.58 Å². The number of rotatable bonds is 12. The summed E-state index contributed by atoms with van der Waals surface area (Å²) in [6.07, 6.45) is 13.3. The summed E-state index contributed by atoms with van der Waals surface area (Å²) in [5.41, 5.74) is 7.55. The van der Waals surface area contributed by atoms with Crippen LogP contribution in [0.15, 0.2) is 67.6 Å². The van der Waals surface area contributed by atoms with Crippen molar-refractivity contribution in [1.82, 2.24) is 29.7 Å². The van der Waals surface area contributed by atoms with E-state index in [-0.39, 0.29) is 54.3 Å². The van der Waals surface area contributed by atoms with Crippen molar-refractivity contribution in [3.63, 3.8) is 0 Å². The number of aliphatic hydroxyl groups excluding tert-OH is 1. The minimum atomic E-state index is -0.998. The number of thiophene rings is 1. The van der Waals surface area contributed by atoms with Gasteiger partial charge < -0.3 is 30.3 Å². The van der Waals surface area contributed by atoms with Gasteiger partial charge in [-0.25, -0.2) is 15.0 Å². The zero-order valence-electron chi connectivity index (χ0n) is 42.3. The number of hydrogen-bond acceptors (Lipinski definition) is 16. The van der Waals surface area contributed by atoms with Crippen LogP contribution in [0.5, 0.6) is 5.88 Å². The minimum absolute atomic E-state index is 0.0544. The summed E-state index contributed by atoms with van der Waals surface area (Å²) in [4.78, 5) is 106. The molecule has 1 aliphatic carbocycles. The lowest BCUT2D eigenvalue weighted by atomic mass is 9.92. The van der Waals surface area contributed by atoms with Crippen molar-refractivity contribution in [3.05, 3.63) is 105 Å². The van der Waals surface area contributed by atoms with E-state index in [9.17, 15) is 33.9 Å². The van der Waals surface area contributed by atoms with E-state index in [0.29, 0.717) is 64.7 Å². The molecule has 3 fully saturated rings. The zero-order valence-corrected chi connectivity index (χ0v) is 43.1. The molecule has 1 aromatic carbocycles. The van der Waals surface area contributed by atoms with Crippen molar-refractivity contribution in [3.8, 4) is 17.0 Å². The third-order valence-electron chi connectivity index (χ3n) is 15.8. The van der Waals surface area contributed by atoms with Crippen LogP contribution in [0, 0.1) is 0 Å². The first-order valence-electron chi connectivity index (χ1n) is 25.7. The molecule has 0 bridgehead atoms. The number of benzene rings is 1. The SMILES string of the molecule is C=CC(=O)Nc1cc(Nc2cc(-c3ccnc(N4CCc5c(sc6c5CCCC6)C4=O)c3CO)cnc2OC)ncc1N1CCN(C2CCN(c3ccc4c(c3)C(=O)N(C3CCC(=O)N(C)C3=O)C4=O)CC2)C[C@@H]1C. The number of imide groups is 2. The second-order valence-corrected chi connectivity index (χ2v) is 21.1. The summed E-state index contributed by atoms with van der Waals surface area (Å²) in [7, 11) is 2.91. The van der Waals surface area contributed by atoms with E-state index in [1.165, 1.54) is 36.2 Å². The number of likely N-dealkylation sites (N-methyl/N-ethyl adjacent to an activating group) is 1. The van der Waals surface area contributed by atoms with E-state index < -0.39 is 23.8 Å². The summed E-state index contributed by atoms with van der Waals surface area (Å²) in [6, 6.07) is 10.1. The summed E-state index contributed by atoms with van der Waals surface area (Å²) >= 11 is 1.61. The van der Waals surface area contributed by atoms with Crippen LogP contribution in [-0.4, -0.2) is 142 Å². The predicted molar refractivity (Wildman–Crippen MR) is 284 cm³/mol. The van der Waals surface area contributed by atoms with Gasteiger partial charge in [0.15, 0.2) is 0 Å². The number of aryl methyl sites for hydroxylation is 1. The van der Waals surface area contributed by atoms with Crippen LogP contribution in [0.3, 0.4) is 0 Å². The Hall–Kier alpha value is -7.55. The molecule has 0 saturated carbocycles. The van der Waals surface area contributed by atoms with E-state index in [1.54, 1.807) is 59.1 Å². The molecule has 5 aliphatic heterocycles. The van der Waals surface area contributed by atoms with E-state index in [2.05, 4.69) is 48.8 Å². The van der Waals surface area contributed by atoms with Crippen LogP contribution >= 0.6 is 11.3 Å². The standard InChI is InChI=1S/C55H59N11O8S/c1-5-47(68)60-41-26-46(59-42-24-32(27-58-51(42)74-4)35-14-18-56-50(40(35)30-67)65-21-17-37-36-8-6-7-9-45(36)75-49(37)55(65)73)57-28-44(41)64-23-22-63(29-31(64)2)33-15-19-62(20-16-33)34-10-11-38-39(25-34)53(71)66(52(38)70)43-12-13-48(69)61(3)54(43)72/h5,10-11,14,18,24-28,31,33,43,67H,1,6-9,12-13,15-17,19-23,29-30H2,2-4H3,(H2,57,59,60,68)/t31-,43?/m0/s1. The number of nitrogens with zero attached hydrogens (tertiary/aromatic N) is 9. The number of pyridine rings is 3. The van der Waals surface area contributed by atoms with Gasteiger partial charge in [0, 0.05) is 105 Å². The van der Waals surface area contributed by atoms with Crippen LogP contribution < -0.4 is 30.1 Å². The lowest BCUT2D eigenvalue weighted by Gasteiger charge is -2.47. The molecule has 2 atom stereocenters. The fourth-order valence-corrected chi connectivity index (χ4v) is 13.3. The van der Waals surface area contributed by atoms with Crippen molar-refractivity contribution in [2.24, 2.45) is 0 Å². The van der Waals surface area contributed by atoms with Gasteiger partial charge >= 0.3 is 0 Å². The number of piperidine rings is 2. The highest BCUT2D eigenvalue weighted by Gasteiger charge is 2.46. The highest BCUT2D eigenvalue weighted by Crippen LogP contribution is 2.42. The topological polar surface area (TPSA) is 214 Å². The molecule has 1 unspecified atom stereocenters. The molecule has 3 N–H and O–H groups in total. The van der Waals surface area contributed by atoms with Crippen molar-refractivity contribution in [1.29, 1.82) is 0 Å². The Labute approximate surface area is 438 Å². The third kappa shape index (κ3) is 8.97. The minimum Gasteiger partial charge on any atom is -0.480 e. The Morgan fingerprint density at radius 3 is 2.43 bits per heavy atom. The molecule has 0 radical (unpaired) electrons. The average molecular weight is 1030 g/mol. The number of nitrogens with one attached hydrogen (secondary N) is 2. The van der Waals surface area contributed by atoms with Gasteiger partial charge in [-0.3, -0.25) is 48.4 Å². The first-order chi connectivity index (χ1) is 36.3. The Bertz CT molecular complexity index is 3190. The fourth-order valence-electron chi connectivity index (χ4n) is 11.9. The van der Waals surface area contributed by atoms with Gasteiger partial charge in [0.05, 0.1) is 47.3 Å². The van der Waals surface area contributed by atoms with Crippen molar-refractivity contribution in [2.75, 3.05) is 78.8 Å². The number of aromatic nitrogens is 3. The lowest BCUT2D eigenvalue weighted by Crippen LogP contribution is -2.57. The number of ether oxygens (including phenoxy) is 1. The number of methoxy groups -OCH3 is 1. The van der Waals surface area contributed by atoms with Crippen LogP contribution in [0.25, 0.3) is 11.1 Å². The molecule has 19 nitrogen and oxygen atoms in total. The maximum Gasteiger partial charge on any atom is 0.269 e. The smallest absolute Gasteiger partial charge is 0.269 e. The fraction of sp³-hybridized carbons (Fsp3) is 0.400. The molecular weight excluding hydrogens is 975 g/mol. The Morgan fingerprint density at radius 1 is 0.853 bits per heavy atom. The number of amides is 6. The molecule has 5 aromatic rings. The number of aliphatic hydroxyl groups is 1. The Kier molecular flexibility index (Phi) is 13.4. The average Bonchev–Trinajstić information content (AvgIpc) is 3.94. The van der Waals surface area contributed by atoms with Crippen molar-refractivity contribution in [2.45, 2.75) is 89.4 Å². The molecule has 75 heavy (non-hydrogen) atoms. The molecule has 388 valence electrons. The number of carbonyl (C=O) groups excluding carboxylic acids is 6. The predicted octanol–water partition coefficient (Wildman–Crippen LogP) is 5.97. The largest absolute Gasteiger partial charge is 0.480 e. The van der Waals surface area contributed by atoms with Crippen LogP contribution in [-0.2, 0) is 40.3 Å². The van der Waals surface area contributed by atoms with Gasteiger partial charge in [0.1, 0.15) is 23.4 Å². The number of anilines is 6. The molecule has 6 amide bonds. The number of carbonyl (C=O) groups is 6. The Balaban J connectivity index is 0.763. The van der Waals surface area contributed by atoms with E-state index >= 15 is 0 Å². The molecule has 4 aromatic heterocycles. The van der Waals surface area contributed by atoms with E-state index in [4.69, 9.17) is 9.72 Å². The maximum atomic E-state index is 14.1. The second-order valence-electron chi connectivity index (χ2n) is 20.0. The first kappa shape index (κ1) is 49.7. The molecule has 3 saturated heterocycles. The summed E-state index contributed by atoms with van der Waals surface area (Å²) in [5.74, 6) is -1.20. The van der Waals surface area contributed by atoms with Crippen LogP contribution in [0.1, 0.15) is 97.4 Å². The number of piperazine rings is 1. The van der Waals surface area contributed by atoms with Gasteiger partial charge in [-0.2, -0.15) is 0 Å². The third-order valence-corrected chi connectivity index (χ3v) is 17.2. The van der Waals surface area contributed by atoms with Crippen molar-refractivity contribution >= 4 is 81.2 Å². The number of likely N-dealkylation sites (tertiary alicyclic amines) is 1. The lowest BCUT2D eigenvalue weighted by molar-refractivity contribution is -0.149. The molecule has 11 rings (SSSR count). The molecule has 6 aliphatic rings. The molecular formula is C55H59N11O8S. The zero-order chi connectivity index (χ0) is 52.2. The van der Waals surface area contributed by atoms with Crippen LogP contribution in [0.4, 0.5) is 34.4 Å². The van der Waals surface area contributed by atoms with Gasteiger partial charge in [0.2, 0.25) is 17.7 Å². The highest BCUT2D eigenvalue weighted by molar-refractivity contribution is 7.14. The summed E-state index contributed by atoms with van der Waals surface area (Å²) < 4.78 is 5.70. The maximum absolute atomic E-state index is 14.1. The van der Waals surface area contributed by atoms with Gasteiger partial charge in [-0.05, 0) is 111 Å². The molecule has 0 spiro atoms.